The van der Waals surface area contributed by atoms with Gasteiger partial charge in [0.15, 0.2) is 18.1 Å². The van der Waals surface area contributed by atoms with E-state index in [4.69, 9.17) is 14.2 Å². The smallest absolute Gasteiger partial charge is 0.260 e. The summed E-state index contributed by atoms with van der Waals surface area (Å²) < 4.78 is 42.7. The molecule has 0 bridgehead atoms. The van der Waals surface area contributed by atoms with Crippen molar-refractivity contribution in [2.24, 2.45) is 0 Å². The summed E-state index contributed by atoms with van der Waals surface area (Å²) in [4.78, 5) is 16.9. The van der Waals surface area contributed by atoms with E-state index in [1.54, 1.807) is 24.3 Å². The van der Waals surface area contributed by atoms with Crippen LogP contribution < -0.4 is 18.5 Å². The first kappa shape index (κ1) is 25.9. The monoisotopic (exact) mass is 537 g/mol. The van der Waals surface area contributed by atoms with Gasteiger partial charge in [-0.3, -0.25) is 14.0 Å². The number of piperazine rings is 1. The summed E-state index contributed by atoms with van der Waals surface area (Å²) in [6.07, 6.45) is 1.19. The molecule has 200 valence electrons. The van der Waals surface area contributed by atoms with Crippen molar-refractivity contribution < 1.29 is 27.4 Å². The summed E-state index contributed by atoms with van der Waals surface area (Å²) in [5.41, 5.74) is 2.58. The third-order valence-electron chi connectivity index (χ3n) is 6.62. The van der Waals surface area contributed by atoms with Crippen molar-refractivity contribution in [1.29, 1.82) is 0 Å². The van der Waals surface area contributed by atoms with E-state index in [0.29, 0.717) is 24.5 Å². The number of anilines is 1. The van der Waals surface area contributed by atoms with Gasteiger partial charge in [0.1, 0.15) is 5.75 Å². The van der Waals surface area contributed by atoms with Crippen LogP contribution in [0.2, 0.25) is 0 Å². The number of hydrogen-bond acceptors (Lipinski definition) is 7. The first-order valence-corrected chi connectivity index (χ1v) is 14.3. The van der Waals surface area contributed by atoms with Crippen molar-refractivity contribution in [3.63, 3.8) is 0 Å². The lowest BCUT2D eigenvalue weighted by molar-refractivity contribution is -0.135. The van der Waals surface area contributed by atoms with E-state index in [0.717, 1.165) is 42.3 Å². The first-order valence-electron chi connectivity index (χ1n) is 12.5. The molecule has 3 aromatic carbocycles. The molecule has 0 atom stereocenters. The van der Waals surface area contributed by atoms with Crippen LogP contribution in [0.15, 0.2) is 72.8 Å². The molecule has 0 aromatic heterocycles. The highest BCUT2D eigenvalue weighted by molar-refractivity contribution is 7.92. The minimum absolute atomic E-state index is 0.0681. The van der Waals surface area contributed by atoms with Gasteiger partial charge in [-0.1, -0.05) is 36.4 Å². The number of carbonyl (C=O) groups is 1. The van der Waals surface area contributed by atoms with Crippen LogP contribution in [-0.2, 0) is 27.9 Å². The fraction of sp³-hybridized carbons (Fsp3) is 0.321. The third-order valence-corrected chi connectivity index (χ3v) is 7.77. The van der Waals surface area contributed by atoms with Crippen LogP contribution in [0.4, 0.5) is 5.69 Å². The van der Waals surface area contributed by atoms with E-state index in [-0.39, 0.29) is 25.9 Å². The van der Waals surface area contributed by atoms with Crippen LogP contribution in [-0.4, -0.2) is 70.0 Å². The average Bonchev–Trinajstić information content (AvgIpc) is 3.39. The van der Waals surface area contributed by atoms with Gasteiger partial charge in [-0.25, -0.2) is 8.42 Å². The second-order valence-corrected chi connectivity index (χ2v) is 11.3. The van der Waals surface area contributed by atoms with E-state index < -0.39 is 10.0 Å². The van der Waals surface area contributed by atoms with Crippen LogP contribution >= 0.6 is 0 Å². The van der Waals surface area contributed by atoms with Crippen molar-refractivity contribution in [3.8, 4) is 17.2 Å². The maximum absolute atomic E-state index is 12.7. The average molecular weight is 538 g/mol. The van der Waals surface area contributed by atoms with E-state index in [1.807, 2.05) is 53.4 Å². The first-order chi connectivity index (χ1) is 18.3. The Morgan fingerprint density at radius 1 is 0.895 bits per heavy atom. The van der Waals surface area contributed by atoms with Crippen LogP contribution in [0.25, 0.3) is 0 Å². The molecule has 0 radical (unpaired) electrons. The van der Waals surface area contributed by atoms with Crippen molar-refractivity contribution >= 4 is 21.6 Å². The molecule has 2 aliphatic heterocycles. The summed E-state index contributed by atoms with van der Waals surface area (Å²) in [5, 5.41) is 0. The molecule has 0 aliphatic carbocycles. The van der Waals surface area contributed by atoms with Gasteiger partial charge < -0.3 is 19.1 Å². The van der Waals surface area contributed by atoms with E-state index in [1.165, 1.54) is 10.6 Å². The molecule has 0 unspecified atom stereocenters. The van der Waals surface area contributed by atoms with Gasteiger partial charge >= 0.3 is 0 Å². The summed E-state index contributed by atoms with van der Waals surface area (Å²) in [6, 6.07) is 22.2. The van der Waals surface area contributed by atoms with Crippen LogP contribution in [0.5, 0.6) is 17.2 Å². The lowest BCUT2D eigenvalue weighted by Gasteiger charge is -2.34. The van der Waals surface area contributed by atoms with Crippen LogP contribution in [0.3, 0.4) is 0 Å². The maximum Gasteiger partial charge on any atom is 0.260 e. The van der Waals surface area contributed by atoms with Crippen molar-refractivity contribution in [3.05, 3.63) is 83.9 Å². The minimum Gasteiger partial charge on any atom is -0.484 e. The van der Waals surface area contributed by atoms with E-state index in [2.05, 4.69) is 4.90 Å². The number of sulfonamides is 1. The molecule has 0 N–H and O–H groups in total. The van der Waals surface area contributed by atoms with Gasteiger partial charge in [0.25, 0.3) is 5.91 Å². The van der Waals surface area contributed by atoms with Crippen molar-refractivity contribution in [1.82, 2.24) is 9.80 Å². The molecular formula is C28H31N3O6S. The van der Waals surface area contributed by atoms with Gasteiger partial charge in [-0.2, -0.15) is 0 Å². The Kier molecular flexibility index (Phi) is 7.71. The molecule has 9 nitrogen and oxygen atoms in total. The number of fused-ring (bicyclic) bond motifs is 1. The Hall–Kier alpha value is -3.76. The van der Waals surface area contributed by atoms with E-state index in [9.17, 15) is 13.2 Å². The second-order valence-electron chi connectivity index (χ2n) is 9.38. The number of nitrogens with zero attached hydrogens (tertiary/aromatic N) is 3. The van der Waals surface area contributed by atoms with Crippen molar-refractivity contribution in [2.75, 3.05) is 50.1 Å². The minimum atomic E-state index is -3.48. The molecule has 0 spiro atoms. The highest BCUT2D eigenvalue weighted by Crippen LogP contribution is 2.33. The lowest BCUT2D eigenvalue weighted by Crippen LogP contribution is -2.49. The zero-order chi connectivity index (χ0) is 26.5. The number of hydrogen-bond donors (Lipinski definition) is 0. The second kappa shape index (κ2) is 11.3. The number of benzene rings is 3. The van der Waals surface area contributed by atoms with Gasteiger partial charge in [0, 0.05) is 32.7 Å². The van der Waals surface area contributed by atoms with Gasteiger partial charge in [0.2, 0.25) is 16.8 Å². The Bertz CT molecular complexity index is 1360. The number of amides is 1. The number of rotatable bonds is 9. The quantitative estimate of drug-likeness (QED) is 0.415. The zero-order valence-electron chi connectivity index (χ0n) is 21.3. The van der Waals surface area contributed by atoms with Gasteiger partial charge in [-0.15, -0.1) is 0 Å². The molecule has 1 amide bonds. The molecule has 2 aliphatic rings. The molecule has 0 saturated carbocycles. The molecule has 1 fully saturated rings. The molecule has 1 saturated heterocycles. The topological polar surface area (TPSA) is 88.6 Å². The molecule has 5 rings (SSSR count). The van der Waals surface area contributed by atoms with E-state index >= 15 is 0 Å². The summed E-state index contributed by atoms with van der Waals surface area (Å²) >= 11 is 0. The lowest BCUT2D eigenvalue weighted by atomic mass is 10.1. The number of carbonyl (C=O) groups excluding carboxylic acids is 1. The largest absolute Gasteiger partial charge is 0.484 e. The third kappa shape index (κ3) is 6.38. The summed E-state index contributed by atoms with van der Waals surface area (Å²) in [7, 11) is -3.48. The van der Waals surface area contributed by atoms with Crippen molar-refractivity contribution in [2.45, 2.75) is 13.1 Å². The summed E-state index contributed by atoms with van der Waals surface area (Å²) in [5.74, 6) is 2.00. The SMILES string of the molecule is CS(=O)(=O)N(Cc1ccccc1)c1ccc(OCC(=O)N2CCN(Cc3ccc4c(c3)OCO4)CC2)cc1. The maximum atomic E-state index is 12.7. The molecular weight excluding hydrogens is 506 g/mol. The molecule has 2 heterocycles. The Morgan fingerprint density at radius 3 is 2.32 bits per heavy atom. The fourth-order valence-corrected chi connectivity index (χ4v) is 5.44. The predicted octanol–water partition coefficient (Wildman–Crippen LogP) is 3.10. The Morgan fingerprint density at radius 2 is 1.61 bits per heavy atom. The normalized spacial score (nSPS) is 15.3. The van der Waals surface area contributed by atoms with Crippen LogP contribution in [0.1, 0.15) is 11.1 Å². The predicted molar refractivity (Wildman–Crippen MR) is 144 cm³/mol. The highest BCUT2D eigenvalue weighted by Gasteiger charge is 2.23. The standard InChI is InChI=1S/C28H31N3O6S/c1-38(33,34)31(19-22-5-3-2-4-6-22)24-8-10-25(11-9-24)35-20-28(32)30-15-13-29(14-16-30)18-23-7-12-26-27(17-23)37-21-36-26/h2-12,17H,13-16,18-21H2,1H3. The zero-order valence-corrected chi connectivity index (χ0v) is 22.1. The van der Waals surface area contributed by atoms with Gasteiger partial charge in [-0.05, 0) is 47.5 Å². The number of ether oxygens (including phenoxy) is 3. The molecule has 3 aromatic rings. The highest BCUT2D eigenvalue weighted by atomic mass is 32.2. The Labute approximate surface area is 223 Å². The summed E-state index contributed by atoms with van der Waals surface area (Å²) in [6.45, 7) is 4.04. The molecule has 10 heteroatoms. The van der Waals surface area contributed by atoms with Crippen LogP contribution in [0, 0.1) is 0 Å². The molecule has 38 heavy (non-hydrogen) atoms. The van der Waals surface area contributed by atoms with Gasteiger partial charge in [0.05, 0.1) is 18.5 Å². The fourth-order valence-electron chi connectivity index (χ4n) is 4.55. The Balaban J connectivity index is 1.10.